The molecular weight excluding hydrogens is 402 g/mol. The Bertz CT molecular complexity index is 1020. The largest absolute Gasteiger partial charge is 0.465 e. The second kappa shape index (κ2) is 7.49. The average molecular weight is 422 g/mol. The van der Waals surface area contributed by atoms with E-state index >= 15 is 0 Å². The number of anilines is 1. The van der Waals surface area contributed by atoms with Crippen LogP contribution in [0.3, 0.4) is 0 Å². The van der Waals surface area contributed by atoms with Crippen LogP contribution < -0.4 is 4.72 Å². The van der Waals surface area contributed by atoms with Gasteiger partial charge >= 0.3 is 16.3 Å². The van der Waals surface area contributed by atoms with Gasteiger partial charge in [-0.2, -0.15) is 17.1 Å². The van der Waals surface area contributed by atoms with E-state index in [4.69, 9.17) is 5.11 Å². The Balaban J connectivity index is 1.55. The monoisotopic (exact) mass is 421 g/mol. The first-order valence-corrected chi connectivity index (χ1v) is 11.0. The van der Waals surface area contributed by atoms with Gasteiger partial charge in [-0.3, -0.25) is 0 Å². The highest BCUT2D eigenvalue weighted by atomic mass is 32.2. The van der Waals surface area contributed by atoms with E-state index in [0.717, 1.165) is 33.8 Å². The van der Waals surface area contributed by atoms with Crippen LogP contribution in [0, 0.1) is 0 Å². The summed E-state index contributed by atoms with van der Waals surface area (Å²) in [6.45, 7) is 1.50. The Morgan fingerprint density at radius 1 is 1.25 bits per heavy atom. The zero-order valence-electron chi connectivity index (χ0n) is 14.9. The summed E-state index contributed by atoms with van der Waals surface area (Å²) in [6.07, 6.45) is 3.61. The number of benzene rings is 1. The summed E-state index contributed by atoms with van der Waals surface area (Å²) in [5.41, 5.74) is 4.32. The molecule has 2 N–H and O–H groups in total. The zero-order valence-corrected chi connectivity index (χ0v) is 16.5. The maximum atomic E-state index is 12.6. The highest BCUT2D eigenvalue weighted by Crippen LogP contribution is 2.31. The fraction of sp³-hybridized carbons (Fsp3) is 0.353. The van der Waals surface area contributed by atoms with Crippen molar-refractivity contribution in [3.63, 3.8) is 0 Å². The summed E-state index contributed by atoms with van der Waals surface area (Å²) < 4.78 is 32.9. The number of nitrogens with zero attached hydrogens (tertiary/aromatic N) is 4. The molecule has 2 aliphatic heterocycles. The molecule has 0 saturated carbocycles. The molecule has 1 aromatic carbocycles. The summed E-state index contributed by atoms with van der Waals surface area (Å²) in [7, 11) is -3.70. The number of amides is 1. The summed E-state index contributed by atoms with van der Waals surface area (Å²) >= 11 is 0.992. The molecule has 0 saturated heterocycles. The van der Waals surface area contributed by atoms with Crippen molar-refractivity contribution in [3.8, 4) is 0 Å². The smallest absolute Gasteiger partial charge is 0.407 e. The van der Waals surface area contributed by atoms with Gasteiger partial charge in [0.1, 0.15) is 6.33 Å². The third-order valence-corrected chi connectivity index (χ3v) is 7.13. The van der Waals surface area contributed by atoms with Crippen LogP contribution >= 0.6 is 11.5 Å². The lowest BCUT2D eigenvalue weighted by atomic mass is 9.89. The summed E-state index contributed by atoms with van der Waals surface area (Å²) in [5.74, 6) is 0. The molecule has 0 radical (unpaired) electrons. The maximum Gasteiger partial charge on any atom is 0.407 e. The first-order chi connectivity index (χ1) is 13.4. The summed E-state index contributed by atoms with van der Waals surface area (Å²) in [5, 5.41) is 9.35. The highest BCUT2D eigenvalue weighted by Gasteiger charge is 2.29. The minimum Gasteiger partial charge on any atom is -0.465 e. The van der Waals surface area contributed by atoms with Crippen molar-refractivity contribution in [3.05, 3.63) is 47.3 Å². The molecule has 3 heterocycles. The summed E-state index contributed by atoms with van der Waals surface area (Å²) in [4.78, 5) is 16.3. The van der Waals surface area contributed by atoms with E-state index in [-0.39, 0.29) is 11.7 Å². The van der Waals surface area contributed by atoms with Crippen molar-refractivity contribution in [2.75, 3.05) is 24.4 Å². The molecule has 0 atom stereocenters. The Morgan fingerprint density at radius 2 is 2.11 bits per heavy atom. The van der Waals surface area contributed by atoms with Crippen molar-refractivity contribution >= 4 is 38.5 Å². The lowest BCUT2D eigenvalue weighted by molar-refractivity contribution is 0.150. The zero-order chi connectivity index (χ0) is 19.7. The van der Waals surface area contributed by atoms with E-state index in [1.165, 1.54) is 15.5 Å². The molecule has 0 aliphatic carbocycles. The van der Waals surface area contributed by atoms with Crippen LogP contribution in [0.15, 0.2) is 30.6 Å². The normalized spacial score (nSPS) is 17.7. The highest BCUT2D eigenvalue weighted by molar-refractivity contribution is 7.90. The fourth-order valence-corrected chi connectivity index (χ4v) is 5.37. The van der Waals surface area contributed by atoms with E-state index in [2.05, 4.69) is 14.1 Å². The molecule has 28 heavy (non-hydrogen) atoms. The molecule has 0 unspecified atom stereocenters. The van der Waals surface area contributed by atoms with Crippen LogP contribution in [0.25, 0.3) is 5.57 Å². The minimum absolute atomic E-state index is 0.245. The van der Waals surface area contributed by atoms with E-state index in [9.17, 15) is 13.2 Å². The van der Waals surface area contributed by atoms with E-state index in [1.807, 2.05) is 24.3 Å². The predicted molar refractivity (Wildman–Crippen MR) is 105 cm³/mol. The van der Waals surface area contributed by atoms with Crippen molar-refractivity contribution in [1.29, 1.82) is 0 Å². The van der Waals surface area contributed by atoms with Crippen molar-refractivity contribution in [1.82, 2.24) is 18.6 Å². The Kier molecular flexibility index (Phi) is 5.04. The van der Waals surface area contributed by atoms with Crippen LogP contribution in [0.4, 0.5) is 9.93 Å². The van der Waals surface area contributed by atoms with Gasteiger partial charge < -0.3 is 10.0 Å². The van der Waals surface area contributed by atoms with Crippen molar-refractivity contribution in [2.24, 2.45) is 0 Å². The number of nitrogens with one attached hydrogen (secondary N) is 1. The van der Waals surface area contributed by atoms with E-state index < -0.39 is 16.3 Å². The standard InChI is InChI=1S/C17H19N5O4S2/c23-17(24)21-7-4-12(5-8-21)14-3-1-2-13-10-22(9-6-15(13)14)28(25,26)20-16-18-11-19-27-16/h1-4,11H,5-10H2,(H,23,24)(H,18,19,20). The van der Waals surface area contributed by atoms with Crippen molar-refractivity contribution < 1.29 is 18.3 Å². The van der Waals surface area contributed by atoms with Crippen LogP contribution in [0.5, 0.6) is 0 Å². The van der Waals surface area contributed by atoms with Gasteiger partial charge in [-0.25, -0.2) is 14.5 Å². The molecule has 2 aliphatic rings. The molecule has 2 aromatic rings. The minimum atomic E-state index is -3.70. The fourth-order valence-electron chi connectivity index (χ4n) is 3.57. The third-order valence-electron chi connectivity index (χ3n) is 4.97. The molecule has 4 rings (SSSR count). The number of aromatic nitrogens is 2. The van der Waals surface area contributed by atoms with Gasteiger partial charge in [0.25, 0.3) is 0 Å². The van der Waals surface area contributed by atoms with E-state index in [0.29, 0.717) is 32.5 Å². The third kappa shape index (κ3) is 3.73. The van der Waals surface area contributed by atoms with Crippen molar-refractivity contribution in [2.45, 2.75) is 19.4 Å². The van der Waals surface area contributed by atoms with Gasteiger partial charge in [0.2, 0.25) is 5.13 Å². The molecular formula is C17H19N5O4S2. The first-order valence-electron chi connectivity index (χ1n) is 8.76. The van der Waals surface area contributed by atoms with Gasteiger partial charge in [-0.15, -0.1) is 0 Å². The molecule has 11 heteroatoms. The predicted octanol–water partition coefficient (Wildman–Crippen LogP) is 2.02. The second-order valence-electron chi connectivity index (χ2n) is 6.59. The Labute approximate surface area is 166 Å². The maximum absolute atomic E-state index is 12.6. The first kappa shape index (κ1) is 18.8. The van der Waals surface area contributed by atoms with Crippen LogP contribution in [-0.2, 0) is 23.2 Å². The van der Waals surface area contributed by atoms with Crippen LogP contribution in [-0.4, -0.2) is 57.8 Å². The van der Waals surface area contributed by atoms with Crippen LogP contribution in [0.2, 0.25) is 0 Å². The molecule has 0 spiro atoms. The lowest BCUT2D eigenvalue weighted by Crippen LogP contribution is -2.40. The van der Waals surface area contributed by atoms with Crippen LogP contribution in [0.1, 0.15) is 23.1 Å². The lowest BCUT2D eigenvalue weighted by Gasteiger charge is -2.31. The Hall–Kier alpha value is -2.50. The number of hydrogen-bond acceptors (Lipinski definition) is 6. The topological polar surface area (TPSA) is 116 Å². The van der Waals surface area contributed by atoms with Gasteiger partial charge in [0.05, 0.1) is 0 Å². The number of rotatable bonds is 4. The van der Waals surface area contributed by atoms with E-state index in [1.54, 1.807) is 0 Å². The summed E-state index contributed by atoms with van der Waals surface area (Å²) in [6, 6.07) is 5.90. The molecule has 148 valence electrons. The van der Waals surface area contributed by atoms with Gasteiger partial charge in [-0.05, 0) is 35.1 Å². The molecule has 1 aromatic heterocycles. The quantitative estimate of drug-likeness (QED) is 0.780. The number of carbonyl (C=O) groups is 1. The number of carboxylic acid groups (broad SMARTS) is 1. The van der Waals surface area contributed by atoms with Gasteiger partial charge in [0, 0.05) is 37.7 Å². The molecule has 0 bridgehead atoms. The average Bonchev–Trinajstić information content (AvgIpc) is 3.19. The Morgan fingerprint density at radius 3 is 2.79 bits per heavy atom. The number of fused-ring (bicyclic) bond motifs is 1. The molecule has 9 nitrogen and oxygen atoms in total. The molecule has 1 amide bonds. The molecule has 0 fully saturated rings. The van der Waals surface area contributed by atoms with Gasteiger partial charge in [0.15, 0.2) is 0 Å². The number of hydrogen-bond donors (Lipinski definition) is 2. The SMILES string of the molecule is O=C(O)N1CC=C(c2cccc3c2CCN(S(=O)(=O)Nc2ncns2)C3)CC1. The second-order valence-corrected chi connectivity index (χ2v) is 9.04. The van der Waals surface area contributed by atoms with Gasteiger partial charge in [-0.1, -0.05) is 24.3 Å².